The maximum absolute atomic E-state index is 13.4. The monoisotopic (exact) mass is 519 g/mol. The molecule has 3 aromatic rings. The fraction of sp³-hybridized carbons (Fsp3) is 0.321. The SMILES string of the molecule is Cc1cccc(CN2C(=O)O[C@H](c3ccc(NC(=O)c4cccs4)cc3)[C@H]2C(=O)NC[C@H]2CCCO2)c1. The number of anilines is 1. The highest BCUT2D eigenvalue weighted by Crippen LogP contribution is 2.35. The average Bonchev–Trinajstić information content (AvgIpc) is 3.66. The van der Waals surface area contributed by atoms with Gasteiger partial charge in [-0.05, 0) is 54.5 Å². The molecule has 0 aliphatic carbocycles. The molecule has 2 aromatic carbocycles. The zero-order valence-corrected chi connectivity index (χ0v) is 21.3. The maximum Gasteiger partial charge on any atom is 0.411 e. The van der Waals surface area contributed by atoms with Crippen molar-refractivity contribution in [2.75, 3.05) is 18.5 Å². The molecule has 3 atom stereocenters. The van der Waals surface area contributed by atoms with E-state index in [1.54, 1.807) is 30.3 Å². The molecule has 0 unspecified atom stereocenters. The van der Waals surface area contributed by atoms with Gasteiger partial charge < -0.3 is 20.1 Å². The third-order valence-electron chi connectivity index (χ3n) is 6.56. The summed E-state index contributed by atoms with van der Waals surface area (Å²) >= 11 is 1.36. The summed E-state index contributed by atoms with van der Waals surface area (Å²) in [6.07, 6.45) is 0.526. The number of nitrogens with zero attached hydrogens (tertiary/aromatic N) is 1. The Hall–Kier alpha value is -3.69. The van der Waals surface area contributed by atoms with Gasteiger partial charge in [0.2, 0.25) is 5.91 Å². The van der Waals surface area contributed by atoms with E-state index in [4.69, 9.17) is 9.47 Å². The van der Waals surface area contributed by atoms with E-state index in [1.807, 2.05) is 42.6 Å². The van der Waals surface area contributed by atoms with Crippen LogP contribution in [0.1, 0.15) is 45.3 Å². The maximum atomic E-state index is 13.4. The van der Waals surface area contributed by atoms with Crippen molar-refractivity contribution in [2.45, 2.75) is 44.6 Å². The Morgan fingerprint density at radius 1 is 1.11 bits per heavy atom. The number of nitrogens with one attached hydrogen (secondary N) is 2. The first-order valence-electron chi connectivity index (χ1n) is 12.3. The van der Waals surface area contributed by atoms with Gasteiger partial charge in [0.1, 0.15) is 0 Å². The van der Waals surface area contributed by atoms with E-state index in [0.29, 0.717) is 29.3 Å². The number of thiophene rings is 1. The molecule has 2 N–H and O–H groups in total. The Morgan fingerprint density at radius 2 is 1.95 bits per heavy atom. The average molecular weight is 520 g/mol. The first-order chi connectivity index (χ1) is 18.0. The lowest BCUT2D eigenvalue weighted by Gasteiger charge is -2.25. The summed E-state index contributed by atoms with van der Waals surface area (Å²) < 4.78 is 11.4. The van der Waals surface area contributed by atoms with Crippen molar-refractivity contribution < 1.29 is 23.9 Å². The van der Waals surface area contributed by atoms with Gasteiger partial charge in [0.25, 0.3) is 5.91 Å². The molecular formula is C28H29N3O5S. The summed E-state index contributed by atoms with van der Waals surface area (Å²) in [6, 6.07) is 17.6. The first kappa shape index (κ1) is 25.0. The first-order valence-corrected chi connectivity index (χ1v) is 13.2. The Balaban J connectivity index is 1.35. The molecule has 3 amide bonds. The van der Waals surface area contributed by atoms with Gasteiger partial charge in [-0.15, -0.1) is 11.3 Å². The number of carbonyl (C=O) groups is 3. The van der Waals surface area contributed by atoms with E-state index in [9.17, 15) is 14.4 Å². The molecular weight excluding hydrogens is 490 g/mol. The number of benzene rings is 2. The second-order valence-corrected chi connectivity index (χ2v) is 10.2. The predicted octanol–water partition coefficient (Wildman–Crippen LogP) is 4.67. The number of hydrogen-bond acceptors (Lipinski definition) is 6. The standard InChI is InChI=1S/C28H29N3O5S/c1-18-5-2-6-19(15-18)17-31-24(27(33)29-16-22-7-3-13-35-22)25(36-28(31)34)20-9-11-21(12-10-20)30-26(32)23-8-4-14-37-23/h2,4-6,8-12,14-15,22,24-25H,3,7,13,16-17H2,1H3,(H,29,33)(H,30,32)/t22-,24+,25-/m1/s1. The fourth-order valence-corrected chi connectivity index (χ4v) is 5.32. The molecule has 3 heterocycles. The summed E-state index contributed by atoms with van der Waals surface area (Å²) in [4.78, 5) is 40.9. The number of cyclic esters (lactones) is 1. The van der Waals surface area contributed by atoms with Crippen LogP contribution in [0.3, 0.4) is 0 Å². The molecule has 5 rings (SSSR count). The predicted molar refractivity (Wildman–Crippen MR) is 140 cm³/mol. The highest BCUT2D eigenvalue weighted by molar-refractivity contribution is 7.12. The minimum absolute atomic E-state index is 0.0168. The van der Waals surface area contributed by atoms with Crippen molar-refractivity contribution in [3.8, 4) is 0 Å². The minimum atomic E-state index is -0.846. The van der Waals surface area contributed by atoms with Crippen LogP contribution in [0.5, 0.6) is 0 Å². The van der Waals surface area contributed by atoms with Gasteiger partial charge in [-0.25, -0.2) is 4.79 Å². The molecule has 37 heavy (non-hydrogen) atoms. The van der Waals surface area contributed by atoms with Gasteiger partial charge in [-0.1, -0.05) is 48.0 Å². The molecule has 2 fully saturated rings. The molecule has 2 saturated heterocycles. The van der Waals surface area contributed by atoms with Crippen LogP contribution in [0, 0.1) is 6.92 Å². The largest absolute Gasteiger partial charge is 0.438 e. The zero-order chi connectivity index (χ0) is 25.8. The van der Waals surface area contributed by atoms with Crippen LogP contribution in [0.2, 0.25) is 0 Å². The van der Waals surface area contributed by atoms with Gasteiger partial charge in [-0.3, -0.25) is 14.5 Å². The topological polar surface area (TPSA) is 97.0 Å². The number of aryl methyl sites for hydroxylation is 1. The fourth-order valence-electron chi connectivity index (χ4n) is 4.70. The van der Waals surface area contributed by atoms with Crippen molar-refractivity contribution in [2.24, 2.45) is 0 Å². The Morgan fingerprint density at radius 3 is 2.65 bits per heavy atom. The normalized spacial score (nSPS) is 21.1. The van der Waals surface area contributed by atoms with Crippen LogP contribution < -0.4 is 10.6 Å². The molecule has 2 aliphatic rings. The lowest BCUT2D eigenvalue weighted by atomic mass is 10.00. The molecule has 0 bridgehead atoms. The lowest BCUT2D eigenvalue weighted by molar-refractivity contribution is -0.126. The van der Waals surface area contributed by atoms with E-state index in [0.717, 1.165) is 24.0 Å². The van der Waals surface area contributed by atoms with Gasteiger partial charge in [0, 0.05) is 18.8 Å². The lowest BCUT2D eigenvalue weighted by Crippen LogP contribution is -2.47. The van der Waals surface area contributed by atoms with Gasteiger partial charge in [-0.2, -0.15) is 0 Å². The number of ether oxygens (including phenoxy) is 2. The van der Waals surface area contributed by atoms with Crippen molar-refractivity contribution >= 4 is 34.9 Å². The quantitative estimate of drug-likeness (QED) is 0.451. The molecule has 2 aliphatic heterocycles. The molecule has 0 spiro atoms. The van der Waals surface area contributed by atoms with Crippen molar-refractivity contribution in [1.29, 1.82) is 0 Å². The third-order valence-corrected chi connectivity index (χ3v) is 7.43. The van der Waals surface area contributed by atoms with E-state index in [2.05, 4.69) is 10.6 Å². The summed E-state index contributed by atoms with van der Waals surface area (Å²) in [6.45, 7) is 3.33. The highest BCUT2D eigenvalue weighted by atomic mass is 32.1. The molecule has 9 heteroatoms. The number of rotatable bonds is 8. The smallest absolute Gasteiger partial charge is 0.411 e. The Kier molecular flexibility index (Phi) is 7.52. The van der Waals surface area contributed by atoms with Crippen LogP contribution in [0.4, 0.5) is 10.5 Å². The van der Waals surface area contributed by atoms with Crippen LogP contribution in [-0.2, 0) is 20.8 Å². The van der Waals surface area contributed by atoms with Gasteiger partial charge in [0.15, 0.2) is 12.1 Å². The van der Waals surface area contributed by atoms with Crippen molar-refractivity contribution in [1.82, 2.24) is 10.2 Å². The van der Waals surface area contributed by atoms with Crippen LogP contribution in [-0.4, -0.2) is 48.1 Å². The van der Waals surface area contributed by atoms with Crippen LogP contribution in [0.15, 0.2) is 66.0 Å². The molecule has 0 saturated carbocycles. The van der Waals surface area contributed by atoms with E-state index in [1.165, 1.54) is 16.2 Å². The highest BCUT2D eigenvalue weighted by Gasteiger charge is 2.47. The van der Waals surface area contributed by atoms with E-state index >= 15 is 0 Å². The van der Waals surface area contributed by atoms with Gasteiger partial charge in [0.05, 0.1) is 17.5 Å². The third kappa shape index (κ3) is 5.84. The molecule has 0 radical (unpaired) electrons. The summed E-state index contributed by atoms with van der Waals surface area (Å²) in [7, 11) is 0. The van der Waals surface area contributed by atoms with E-state index in [-0.39, 0.29) is 24.5 Å². The molecule has 8 nitrogen and oxygen atoms in total. The molecule has 192 valence electrons. The second kappa shape index (κ2) is 11.1. The summed E-state index contributed by atoms with van der Waals surface area (Å²) in [5.41, 5.74) is 3.27. The second-order valence-electron chi connectivity index (χ2n) is 9.30. The minimum Gasteiger partial charge on any atom is -0.438 e. The summed E-state index contributed by atoms with van der Waals surface area (Å²) in [5.74, 6) is -0.472. The van der Waals surface area contributed by atoms with Crippen molar-refractivity contribution in [3.05, 3.63) is 87.6 Å². The zero-order valence-electron chi connectivity index (χ0n) is 20.5. The van der Waals surface area contributed by atoms with Crippen molar-refractivity contribution in [3.63, 3.8) is 0 Å². The number of amides is 3. The van der Waals surface area contributed by atoms with E-state index < -0.39 is 18.2 Å². The Bertz CT molecular complexity index is 1260. The number of carbonyl (C=O) groups excluding carboxylic acids is 3. The van der Waals surface area contributed by atoms with Gasteiger partial charge >= 0.3 is 6.09 Å². The Labute approximate surface area is 219 Å². The summed E-state index contributed by atoms with van der Waals surface area (Å²) in [5, 5.41) is 7.68. The molecule has 1 aromatic heterocycles. The van der Waals surface area contributed by atoms with Crippen LogP contribution in [0.25, 0.3) is 0 Å². The van der Waals surface area contributed by atoms with Crippen LogP contribution >= 0.6 is 11.3 Å². The number of hydrogen-bond donors (Lipinski definition) is 2.